The largest absolute Gasteiger partial charge is 0.368 e. The van der Waals surface area contributed by atoms with E-state index in [1.54, 1.807) is 6.92 Å². The topological polar surface area (TPSA) is 84.3 Å². The van der Waals surface area contributed by atoms with Gasteiger partial charge in [0, 0.05) is 6.04 Å². The average molecular weight is 348 g/mol. The van der Waals surface area contributed by atoms with Crippen molar-refractivity contribution < 1.29 is 14.1 Å². The normalized spacial score (nSPS) is 12.1. The number of hydrogen-bond donors (Lipinski definition) is 2. The van der Waals surface area contributed by atoms with Crippen molar-refractivity contribution in [2.75, 3.05) is 5.32 Å². The van der Waals surface area contributed by atoms with Crippen LogP contribution in [0.2, 0.25) is 0 Å². The molecule has 6 nitrogen and oxygen atoms in total. The summed E-state index contributed by atoms with van der Waals surface area (Å²) in [5, 5.41) is 16.3. The number of nitro groups is 1. The highest BCUT2D eigenvalue weighted by Crippen LogP contribution is 2.30. The Morgan fingerprint density at radius 2 is 2.00 bits per heavy atom. The van der Waals surface area contributed by atoms with Crippen molar-refractivity contribution in [3.8, 4) is 0 Å². The molecule has 0 saturated heterocycles. The molecule has 0 aliphatic heterocycles. The molecule has 20 heavy (non-hydrogen) atoms. The molecule has 1 aromatic rings. The first-order valence-electron chi connectivity index (χ1n) is 5.92. The number of rotatable bonds is 5. The van der Waals surface area contributed by atoms with Crippen molar-refractivity contribution in [1.82, 2.24) is 5.32 Å². The zero-order chi connectivity index (χ0) is 15.4. The quantitative estimate of drug-likeness (QED) is 0.633. The van der Waals surface area contributed by atoms with Gasteiger partial charge in [-0.25, -0.2) is 4.39 Å². The number of carbonyl (C=O) groups is 1. The number of carbonyl (C=O) groups excluding carboxylic acids is 1. The fourth-order valence-electron chi connectivity index (χ4n) is 1.51. The predicted octanol–water partition coefficient (Wildman–Crippen LogP) is 2.82. The molecule has 1 rings (SSSR count). The van der Waals surface area contributed by atoms with Crippen molar-refractivity contribution in [2.45, 2.75) is 32.9 Å². The standard InChI is InChI=1S/C12H15BrFN3O3/c1-6(2)15-12(18)7(3)16-10-4-8(13)9(14)5-11(10)17(19)20/h4-7,16H,1-3H3,(H,15,18). The number of nitrogens with one attached hydrogen (secondary N) is 2. The van der Waals surface area contributed by atoms with Gasteiger partial charge < -0.3 is 10.6 Å². The van der Waals surface area contributed by atoms with Gasteiger partial charge in [-0.1, -0.05) is 0 Å². The Kier molecular flexibility index (Phi) is 5.43. The fraction of sp³-hybridized carbons (Fsp3) is 0.417. The Morgan fingerprint density at radius 3 is 2.50 bits per heavy atom. The molecular formula is C12H15BrFN3O3. The zero-order valence-corrected chi connectivity index (χ0v) is 12.8. The smallest absolute Gasteiger partial charge is 0.295 e. The lowest BCUT2D eigenvalue weighted by Gasteiger charge is -2.17. The van der Waals surface area contributed by atoms with Crippen LogP contribution in [0.25, 0.3) is 0 Å². The molecule has 1 amide bonds. The fourth-order valence-corrected chi connectivity index (χ4v) is 1.85. The van der Waals surface area contributed by atoms with E-state index in [-0.39, 0.29) is 22.1 Å². The van der Waals surface area contributed by atoms with Crippen molar-refractivity contribution in [3.05, 3.63) is 32.5 Å². The Labute approximate surface area is 124 Å². The van der Waals surface area contributed by atoms with Crippen LogP contribution in [0.3, 0.4) is 0 Å². The second kappa shape index (κ2) is 6.65. The van der Waals surface area contributed by atoms with Crippen LogP contribution in [-0.4, -0.2) is 22.9 Å². The Hall–Kier alpha value is -1.70. The number of nitro benzene ring substituents is 1. The molecule has 110 valence electrons. The third-order valence-electron chi connectivity index (χ3n) is 2.43. The van der Waals surface area contributed by atoms with Crippen LogP contribution >= 0.6 is 15.9 Å². The summed E-state index contributed by atoms with van der Waals surface area (Å²) in [5.41, 5.74) is -0.343. The minimum Gasteiger partial charge on any atom is -0.368 e. The van der Waals surface area contributed by atoms with E-state index >= 15 is 0 Å². The lowest BCUT2D eigenvalue weighted by atomic mass is 10.2. The predicted molar refractivity (Wildman–Crippen MR) is 77.1 cm³/mol. The molecule has 0 saturated carbocycles. The van der Waals surface area contributed by atoms with Gasteiger partial charge in [0.25, 0.3) is 5.69 Å². The van der Waals surface area contributed by atoms with Gasteiger partial charge >= 0.3 is 0 Å². The monoisotopic (exact) mass is 347 g/mol. The van der Waals surface area contributed by atoms with Gasteiger partial charge in [0.15, 0.2) is 0 Å². The first-order chi connectivity index (χ1) is 9.22. The molecule has 1 atom stereocenters. The number of anilines is 1. The van der Waals surface area contributed by atoms with Crippen LogP contribution in [0.1, 0.15) is 20.8 Å². The second-order valence-corrected chi connectivity index (χ2v) is 5.42. The van der Waals surface area contributed by atoms with Crippen molar-refractivity contribution >= 4 is 33.2 Å². The van der Waals surface area contributed by atoms with Crippen LogP contribution in [-0.2, 0) is 4.79 Å². The first kappa shape index (κ1) is 16.4. The maximum absolute atomic E-state index is 13.3. The van der Waals surface area contributed by atoms with E-state index in [1.807, 2.05) is 13.8 Å². The van der Waals surface area contributed by atoms with Crippen LogP contribution in [0, 0.1) is 15.9 Å². The van der Waals surface area contributed by atoms with Gasteiger partial charge in [-0.15, -0.1) is 0 Å². The highest BCUT2D eigenvalue weighted by Gasteiger charge is 2.21. The van der Waals surface area contributed by atoms with E-state index < -0.39 is 22.5 Å². The SMILES string of the molecule is CC(C)NC(=O)C(C)Nc1cc(Br)c(F)cc1[N+](=O)[O-]. The van der Waals surface area contributed by atoms with Crippen LogP contribution < -0.4 is 10.6 Å². The average Bonchev–Trinajstić information content (AvgIpc) is 2.32. The summed E-state index contributed by atoms with van der Waals surface area (Å²) in [4.78, 5) is 22.0. The molecule has 0 radical (unpaired) electrons. The van der Waals surface area contributed by atoms with E-state index in [1.165, 1.54) is 6.07 Å². The Balaban J connectivity index is 2.99. The lowest BCUT2D eigenvalue weighted by Crippen LogP contribution is -2.41. The summed E-state index contributed by atoms with van der Waals surface area (Å²) in [6.07, 6.45) is 0. The van der Waals surface area contributed by atoms with Crippen molar-refractivity contribution in [2.24, 2.45) is 0 Å². The molecule has 0 aliphatic carbocycles. The van der Waals surface area contributed by atoms with Gasteiger partial charge in [-0.3, -0.25) is 14.9 Å². The first-order valence-corrected chi connectivity index (χ1v) is 6.72. The number of benzene rings is 1. The third kappa shape index (κ3) is 4.16. The lowest BCUT2D eigenvalue weighted by molar-refractivity contribution is -0.384. The van der Waals surface area contributed by atoms with Crippen molar-refractivity contribution in [3.63, 3.8) is 0 Å². The molecular weight excluding hydrogens is 333 g/mol. The minimum atomic E-state index is -0.735. The van der Waals surface area contributed by atoms with E-state index in [9.17, 15) is 19.3 Å². The maximum atomic E-state index is 13.3. The molecule has 8 heteroatoms. The molecule has 0 aromatic heterocycles. The van der Waals surface area contributed by atoms with E-state index in [0.29, 0.717) is 0 Å². The van der Waals surface area contributed by atoms with Gasteiger partial charge in [-0.05, 0) is 42.8 Å². The molecule has 0 bridgehead atoms. The Morgan fingerprint density at radius 1 is 1.40 bits per heavy atom. The summed E-state index contributed by atoms with van der Waals surface area (Å²) < 4.78 is 13.4. The van der Waals surface area contributed by atoms with Gasteiger partial charge in [0.05, 0.1) is 15.5 Å². The molecule has 0 aliphatic rings. The number of amides is 1. The zero-order valence-electron chi connectivity index (χ0n) is 11.2. The van der Waals surface area contributed by atoms with E-state index in [0.717, 1.165) is 6.07 Å². The summed E-state index contributed by atoms with van der Waals surface area (Å²) in [7, 11) is 0. The summed E-state index contributed by atoms with van der Waals surface area (Å²) in [6.45, 7) is 5.18. The third-order valence-corrected chi connectivity index (χ3v) is 3.04. The van der Waals surface area contributed by atoms with E-state index in [4.69, 9.17) is 0 Å². The van der Waals surface area contributed by atoms with Crippen molar-refractivity contribution in [1.29, 1.82) is 0 Å². The molecule has 0 spiro atoms. The highest BCUT2D eigenvalue weighted by molar-refractivity contribution is 9.10. The molecule has 2 N–H and O–H groups in total. The number of hydrogen-bond acceptors (Lipinski definition) is 4. The molecule has 1 aromatic carbocycles. The number of halogens is 2. The summed E-state index contributed by atoms with van der Waals surface area (Å²) in [6, 6.07) is 1.32. The highest BCUT2D eigenvalue weighted by atomic mass is 79.9. The second-order valence-electron chi connectivity index (χ2n) is 4.57. The number of nitrogens with zero attached hydrogens (tertiary/aromatic N) is 1. The Bertz CT molecular complexity index is 537. The van der Waals surface area contributed by atoms with Crippen LogP contribution in [0.15, 0.2) is 16.6 Å². The van der Waals surface area contributed by atoms with Gasteiger partial charge in [0.1, 0.15) is 17.5 Å². The molecule has 1 unspecified atom stereocenters. The van der Waals surface area contributed by atoms with Crippen LogP contribution in [0.4, 0.5) is 15.8 Å². The molecule has 0 fully saturated rings. The maximum Gasteiger partial charge on any atom is 0.295 e. The summed E-state index contributed by atoms with van der Waals surface area (Å²) in [5.74, 6) is -1.03. The van der Waals surface area contributed by atoms with Gasteiger partial charge in [0.2, 0.25) is 5.91 Å². The van der Waals surface area contributed by atoms with Gasteiger partial charge in [-0.2, -0.15) is 0 Å². The van der Waals surface area contributed by atoms with E-state index in [2.05, 4.69) is 26.6 Å². The summed E-state index contributed by atoms with van der Waals surface area (Å²) >= 11 is 2.96. The minimum absolute atomic E-state index is 0.0401. The van der Waals surface area contributed by atoms with Crippen LogP contribution in [0.5, 0.6) is 0 Å². The molecule has 0 heterocycles.